The van der Waals surface area contributed by atoms with Crippen LogP contribution in [0.4, 0.5) is 0 Å². The third-order valence-electron chi connectivity index (χ3n) is 3.92. The second-order valence-electron chi connectivity index (χ2n) is 5.62. The molecule has 0 bridgehead atoms. The van der Waals surface area contributed by atoms with Crippen molar-refractivity contribution >= 4 is 10.0 Å². The maximum Gasteiger partial charge on any atom is 0.262 e. The highest BCUT2D eigenvalue weighted by molar-refractivity contribution is 7.89. The molecule has 0 amide bonds. The van der Waals surface area contributed by atoms with Crippen LogP contribution < -0.4 is 5.32 Å². The summed E-state index contributed by atoms with van der Waals surface area (Å²) in [6.07, 6.45) is 6.31. The van der Waals surface area contributed by atoms with E-state index in [-0.39, 0.29) is 5.03 Å². The summed E-state index contributed by atoms with van der Waals surface area (Å²) < 4.78 is 28.6. The predicted molar refractivity (Wildman–Crippen MR) is 82.5 cm³/mol. The van der Waals surface area contributed by atoms with Gasteiger partial charge in [-0.1, -0.05) is 6.92 Å². The van der Waals surface area contributed by atoms with Crippen LogP contribution in [-0.4, -0.2) is 48.5 Å². The molecule has 1 aromatic heterocycles. The van der Waals surface area contributed by atoms with Gasteiger partial charge in [0, 0.05) is 25.8 Å². The minimum atomic E-state index is -3.44. The normalized spacial score (nSPS) is 20.8. The fourth-order valence-corrected chi connectivity index (χ4v) is 4.16. The first-order chi connectivity index (χ1) is 10.1. The molecular weight excluding hydrogens is 288 g/mol. The summed E-state index contributed by atoms with van der Waals surface area (Å²) in [5.41, 5.74) is 0. The number of nitrogens with zero attached hydrogens (tertiary/aromatic N) is 3. The summed E-state index contributed by atoms with van der Waals surface area (Å²) in [6, 6.07) is 0. The van der Waals surface area contributed by atoms with Crippen molar-refractivity contribution in [3.05, 3.63) is 12.5 Å². The lowest BCUT2D eigenvalue weighted by Gasteiger charge is -2.31. The van der Waals surface area contributed by atoms with Crippen LogP contribution in [0.15, 0.2) is 17.6 Å². The Bertz CT molecular complexity index is 541. The summed E-state index contributed by atoms with van der Waals surface area (Å²) in [6.45, 7) is 7.91. The first-order valence-electron chi connectivity index (χ1n) is 7.80. The molecule has 1 aliphatic heterocycles. The molecule has 0 saturated carbocycles. The minimum absolute atomic E-state index is 0.173. The fourth-order valence-electron chi connectivity index (χ4n) is 2.67. The molecule has 0 radical (unpaired) electrons. The van der Waals surface area contributed by atoms with E-state index in [4.69, 9.17) is 0 Å². The topological polar surface area (TPSA) is 67.2 Å². The number of nitrogens with one attached hydrogen (secondary N) is 1. The molecule has 1 saturated heterocycles. The molecule has 21 heavy (non-hydrogen) atoms. The lowest BCUT2D eigenvalue weighted by molar-refractivity contribution is 0.260. The van der Waals surface area contributed by atoms with Gasteiger partial charge in [0.15, 0.2) is 5.03 Å². The second-order valence-corrected chi connectivity index (χ2v) is 7.50. The first kappa shape index (κ1) is 16.5. The van der Waals surface area contributed by atoms with Gasteiger partial charge in [0.2, 0.25) is 0 Å². The summed E-state index contributed by atoms with van der Waals surface area (Å²) in [5.74, 6) is 0.397. The van der Waals surface area contributed by atoms with E-state index >= 15 is 0 Å². The van der Waals surface area contributed by atoms with Crippen LogP contribution in [0, 0.1) is 5.92 Å². The summed E-state index contributed by atoms with van der Waals surface area (Å²) in [5, 5.41) is 3.56. The molecule has 1 aliphatic rings. The summed E-state index contributed by atoms with van der Waals surface area (Å²) >= 11 is 0. The molecule has 6 nitrogen and oxygen atoms in total. The van der Waals surface area contributed by atoms with Crippen LogP contribution in [0.3, 0.4) is 0 Å². The van der Waals surface area contributed by atoms with Crippen molar-refractivity contribution in [1.82, 2.24) is 19.2 Å². The Kier molecular flexibility index (Phi) is 5.78. The number of piperidine rings is 1. The zero-order valence-electron chi connectivity index (χ0n) is 13.0. The lowest BCUT2D eigenvalue weighted by Crippen LogP contribution is -2.43. The Labute approximate surface area is 127 Å². The maximum atomic E-state index is 12.6. The molecule has 7 heteroatoms. The Morgan fingerprint density at radius 3 is 2.90 bits per heavy atom. The van der Waals surface area contributed by atoms with E-state index in [1.807, 2.05) is 6.92 Å². The average Bonchev–Trinajstić information content (AvgIpc) is 2.97. The zero-order chi connectivity index (χ0) is 15.3. The van der Waals surface area contributed by atoms with Gasteiger partial charge in [0.05, 0.1) is 6.33 Å². The molecule has 0 aliphatic carbocycles. The van der Waals surface area contributed by atoms with E-state index in [1.165, 1.54) is 0 Å². The van der Waals surface area contributed by atoms with Crippen LogP contribution in [-0.2, 0) is 16.6 Å². The SMILES string of the molecule is CCCNCC1CCCN(S(=O)(=O)c2cn(CC)cn2)C1. The fraction of sp³-hybridized carbons (Fsp3) is 0.786. The molecule has 0 spiro atoms. The van der Waals surface area contributed by atoms with Crippen molar-refractivity contribution < 1.29 is 8.42 Å². The molecule has 1 atom stereocenters. The number of rotatable bonds is 7. The quantitative estimate of drug-likeness (QED) is 0.771. The van der Waals surface area contributed by atoms with Crippen LogP contribution in [0.2, 0.25) is 0 Å². The number of sulfonamides is 1. The zero-order valence-corrected chi connectivity index (χ0v) is 13.8. The Morgan fingerprint density at radius 1 is 1.43 bits per heavy atom. The van der Waals surface area contributed by atoms with Gasteiger partial charge >= 0.3 is 0 Å². The smallest absolute Gasteiger partial charge is 0.262 e. The van der Waals surface area contributed by atoms with Gasteiger partial charge in [0.1, 0.15) is 0 Å². The number of aromatic nitrogens is 2. The van der Waals surface area contributed by atoms with Crippen molar-refractivity contribution in [2.75, 3.05) is 26.2 Å². The highest BCUT2D eigenvalue weighted by atomic mass is 32.2. The Balaban J connectivity index is 2.02. The average molecular weight is 314 g/mol. The van der Waals surface area contributed by atoms with Gasteiger partial charge in [-0.15, -0.1) is 0 Å². The first-order valence-corrected chi connectivity index (χ1v) is 9.24. The van der Waals surface area contributed by atoms with E-state index in [0.717, 1.165) is 38.9 Å². The number of imidazole rings is 1. The number of hydrogen-bond donors (Lipinski definition) is 1. The van der Waals surface area contributed by atoms with Crippen LogP contribution in [0.5, 0.6) is 0 Å². The third-order valence-corrected chi connectivity index (χ3v) is 5.67. The molecule has 120 valence electrons. The number of hydrogen-bond acceptors (Lipinski definition) is 4. The van der Waals surface area contributed by atoms with E-state index in [0.29, 0.717) is 19.0 Å². The molecule has 1 aromatic rings. The van der Waals surface area contributed by atoms with Gasteiger partial charge < -0.3 is 9.88 Å². The molecule has 2 heterocycles. The van der Waals surface area contributed by atoms with Gasteiger partial charge in [-0.3, -0.25) is 0 Å². The Hall–Kier alpha value is -0.920. The number of aryl methyl sites for hydroxylation is 1. The van der Waals surface area contributed by atoms with Crippen molar-refractivity contribution in [1.29, 1.82) is 0 Å². The van der Waals surface area contributed by atoms with E-state index in [9.17, 15) is 8.42 Å². The second kappa shape index (κ2) is 7.38. The van der Waals surface area contributed by atoms with E-state index in [1.54, 1.807) is 21.4 Å². The van der Waals surface area contributed by atoms with Gasteiger partial charge in [-0.2, -0.15) is 4.31 Å². The van der Waals surface area contributed by atoms with Gasteiger partial charge in [-0.25, -0.2) is 13.4 Å². The van der Waals surface area contributed by atoms with Crippen LogP contribution >= 0.6 is 0 Å². The van der Waals surface area contributed by atoms with Crippen molar-refractivity contribution in [2.24, 2.45) is 5.92 Å². The third kappa shape index (κ3) is 4.05. The maximum absolute atomic E-state index is 12.6. The summed E-state index contributed by atoms with van der Waals surface area (Å²) in [4.78, 5) is 4.05. The minimum Gasteiger partial charge on any atom is -0.336 e. The standard InChI is InChI=1S/C14H26N4O2S/c1-3-7-15-9-13-6-5-8-18(10-13)21(19,20)14-11-17(4-2)12-16-14/h11-13,15H,3-10H2,1-2H3. The van der Waals surface area contributed by atoms with Crippen molar-refractivity contribution in [3.63, 3.8) is 0 Å². The lowest BCUT2D eigenvalue weighted by atomic mass is 10.00. The molecule has 0 aromatic carbocycles. The molecule has 1 unspecified atom stereocenters. The molecule has 1 fully saturated rings. The Morgan fingerprint density at radius 2 is 2.24 bits per heavy atom. The van der Waals surface area contributed by atoms with E-state index in [2.05, 4.69) is 17.2 Å². The highest BCUT2D eigenvalue weighted by Crippen LogP contribution is 2.22. The van der Waals surface area contributed by atoms with Gasteiger partial charge in [-0.05, 0) is 45.2 Å². The summed E-state index contributed by atoms with van der Waals surface area (Å²) in [7, 11) is -3.44. The molecule has 1 N–H and O–H groups in total. The molecule has 2 rings (SSSR count). The predicted octanol–water partition coefficient (Wildman–Crippen LogP) is 1.30. The van der Waals surface area contributed by atoms with Crippen LogP contribution in [0.25, 0.3) is 0 Å². The largest absolute Gasteiger partial charge is 0.336 e. The van der Waals surface area contributed by atoms with E-state index < -0.39 is 10.0 Å². The molecular formula is C14H26N4O2S. The highest BCUT2D eigenvalue weighted by Gasteiger charge is 2.31. The van der Waals surface area contributed by atoms with Crippen LogP contribution in [0.1, 0.15) is 33.1 Å². The van der Waals surface area contributed by atoms with Gasteiger partial charge in [0.25, 0.3) is 10.0 Å². The monoisotopic (exact) mass is 314 g/mol. The van der Waals surface area contributed by atoms with Crippen molar-refractivity contribution in [3.8, 4) is 0 Å². The van der Waals surface area contributed by atoms with Crippen molar-refractivity contribution in [2.45, 2.75) is 44.7 Å².